The van der Waals surface area contributed by atoms with Gasteiger partial charge in [-0.2, -0.15) is 0 Å². The second kappa shape index (κ2) is 8.22. The zero-order valence-electron chi connectivity index (χ0n) is 20.6. The van der Waals surface area contributed by atoms with Gasteiger partial charge < -0.3 is 0 Å². The maximum absolute atomic E-state index is 5.23. The lowest BCUT2D eigenvalue weighted by Gasteiger charge is -2.15. The largest absolute Gasteiger partial charge is 0.256 e. The van der Waals surface area contributed by atoms with Crippen molar-refractivity contribution >= 4 is 54.1 Å². The number of hydrogen-bond donors (Lipinski definition) is 0. The lowest BCUT2D eigenvalue weighted by Crippen LogP contribution is -1.94. The van der Waals surface area contributed by atoms with E-state index in [1.807, 2.05) is 12.3 Å². The Balaban J connectivity index is 1.45. The van der Waals surface area contributed by atoms with Crippen LogP contribution in [0.5, 0.6) is 0 Å². The van der Waals surface area contributed by atoms with Gasteiger partial charge in [0.25, 0.3) is 0 Å². The summed E-state index contributed by atoms with van der Waals surface area (Å²) in [5.74, 6) is 0. The van der Waals surface area contributed by atoms with Crippen LogP contribution in [0.4, 0.5) is 0 Å². The highest BCUT2D eigenvalue weighted by Crippen LogP contribution is 2.40. The van der Waals surface area contributed by atoms with E-state index in [4.69, 9.17) is 9.97 Å². The number of pyridine rings is 2. The highest BCUT2D eigenvalue weighted by Gasteiger charge is 2.17. The first-order valence-corrected chi connectivity index (χ1v) is 12.9. The molecule has 0 aliphatic carbocycles. The number of nitrogens with zero attached hydrogens (tertiary/aromatic N) is 2. The summed E-state index contributed by atoms with van der Waals surface area (Å²) in [5.41, 5.74) is 6.35. The molecule has 0 N–H and O–H groups in total. The Morgan fingerprint density at radius 3 is 2.08 bits per heavy atom. The third kappa shape index (κ3) is 3.14. The minimum Gasteiger partial charge on any atom is -0.256 e. The molecule has 0 aliphatic rings. The van der Waals surface area contributed by atoms with Gasteiger partial charge in [0.1, 0.15) is 0 Å². The molecule has 2 nitrogen and oxygen atoms in total. The molecule has 0 saturated carbocycles. The van der Waals surface area contributed by atoms with E-state index in [1.54, 1.807) is 0 Å². The molecule has 38 heavy (non-hydrogen) atoms. The monoisotopic (exact) mass is 482 g/mol. The molecular formula is C36H22N2. The summed E-state index contributed by atoms with van der Waals surface area (Å²) in [5, 5.41) is 9.65. The summed E-state index contributed by atoms with van der Waals surface area (Å²) in [6.45, 7) is 0. The van der Waals surface area contributed by atoms with Gasteiger partial charge in [0.2, 0.25) is 0 Å². The molecule has 8 rings (SSSR count). The third-order valence-electron chi connectivity index (χ3n) is 7.68. The number of hydrogen-bond acceptors (Lipinski definition) is 2. The molecule has 6 aromatic carbocycles. The molecule has 8 aromatic rings. The topological polar surface area (TPSA) is 25.8 Å². The van der Waals surface area contributed by atoms with Gasteiger partial charge in [0, 0.05) is 33.3 Å². The van der Waals surface area contributed by atoms with E-state index in [0.29, 0.717) is 0 Å². The Labute approximate surface area is 219 Å². The average molecular weight is 483 g/mol. The molecule has 0 saturated heterocycles. The Kier molecular flexibility index (Phi) is 4.55. The van der Waals surface area contributed by atoms with Crippen LogP contribution in [-0.2, 0) is 0 Å². The van der Waals surface area contributed by atoms with Crippen molar-refractivity contribution in [1.29, 1.82) is 0 Å². The van der Waals surface area contributed by atoms with Crippen LogP contribution in [0.1, 0.15) is 0 Å². The van der Waals surface area contributed by atoms with Crippen molar-refractivity contribution in [3.8, 4) is 22.4 Å². The molecule has 176 valence electrons. The number of rotatable bonds is 2. The predicted octanol–water partition coefficient (Wildman–Crippen LogP) is 9.58. The quantitative estimate of drug-likeness (QED) is 0.229. The normalized spacial score (nSPS) is 11.7. The third-order valence-corrected chi connectivity index (χ3v) is 7.68. The summed E-state index contributed by atoms with van der Waals surface area (Å²) in [4.78, 5) is 10.1. The van der Waals surface area contributed by atoms with Crippen molar-refractivity contribution in [2.45, 2.75) is 0 Å². The Bertz CT molecular complexity index is 2180. The van der Waals surface area contributed by atoms with E-state index >= 15 is 0 Å². The minimum atomic E-state index is 0.968. The first-order chi connectivity index (χ1) is 18.8. The van der Waals surface area contributed by atoms with E-state index in [2.05, 4.69) is 121 Å². The Morgan fingerprint density at radius 2 is 1.16 bits per heavy atom. The van der Waals surface area contributed by atoms with E-state index in [9.17, 15) is 0 Å². The summed E-state index contributed by atoms with van der Waals surface area (Å²) < 4.78 is 0. The molecular weight excluding hydrogens is 460 g/mol. The summed E-state index contributed by atoms with van der Waals surface area (Å²) in [6.07, 6.45) is 1.88. The van der Waals surface area contributed by atoms with E-state index in [0.717, 1.165) is 33.1 Å². The van der Waals surface area contributed by atoms with Crippen LogP contribution in [0.25, 0.3) is 76.5 Å². The first-order valence-electron chi connectivity index (χ1n) is 12.9. The smallest absolute Gasteiger partial charge is 0.0810 e. The molecule has 0 amide bonds. The fourth-order valence-electron chi connectivity index (χ4n) is 5.90. The summed E-state index contributed by atoms with van der Waals surface area (Å²) in [6, 6.07) is 45.3. The Morgan fingerprint density at radius 1 is 0.447 bits per heavy atom. The van der Waals surface area contributed by atoms with Gasteiger partial charge in [-0.05, 0) is 56.9 Å². The highest BCUT2D eigenvalue weighted by molar-refractivity contribution is 6.23. The molecule has 0 unspecified atom stereocenters. The SMILES string of the molecule is c1ccc2cc(-c3ccc(-c4nc5ccccc5c5c4ccc4ccccc45)c4ncccc34)ccc2c1. The van der Waals surface area contributed by atoms with Crippen molar-refractivity contribution in [3.63, 3.8) is 0 Å². The van der Waals surface area contributed by atoms with Crippen LogP contribution < -0.4 is 0 Å². The maximum Gasteiger partial charge on any atom is 0.0810 e. The van der Waals surface area contributed by atoms with Crippen LogP contribution in [0, 0.1) is 0 Å². The molecule has 2 aromatic heterocycles. The van der Waals surface area contributed by atoms with Gasteiger partial charge >= 0.3 is 0 Å². The van der Waals surface area contributed by atoms with Crippen LogP contribution >= 0.6 is 0 Å². The fraction of sp³-hybridized carbons (Fsp3) is 0. The van der Waals surface area contributed by atoms with Crippen molar-refractivity contribution < 1.29 is 0 Å². The van der Waals surface area contributed by atoms with Gasteiger partial charge in [-0.25, -0.2) is 4.98 Å². The van der Waals surface area contributed by atoms with Gasteiger partial charge in [0.15, 0.2) is 0 Å². The predicted molar refractivity (Wildman–Crippen MR) is 160 cm³/mol. The lowest BCUT2D eigenvalue weighted by atomic mass is 9.92. The van der Waals surface area contributed by atoms with E-state index < -0.39 is 0 Å². The maximum atomic E-state index is 5.23. The molecule has 0 bridgehead atoms. The Hall–Kier alpha value is -5.08. The lowest BCUT2D eigenvalue weighted by molar-refractivity contribution is 1.38. The van der Waals surface area contributed by atoms with Gasteiger partial charge in [-0.1, -0.05) is 103 Å². The molecule has 0 aliphatic heterocycles. The molecule has 2 heterocycles. The van der Waals surface area contributed by atoms with E-state index in [-0.39, 0.29) is 0 Å². The van der Waals surface area contributed by atoms with Crippen LogP contribution in [0.2, 0.25) is 0 Å². The number of fused-ring (bicyclic) bond motifs is 7. The van der Waals surface area contributed by atoms with Gasteiger partial charge in [-0.3, -0.25) is 4.98 Å². The first kappa shape index (κ1) is 21.0. The molecule has 0 fully saturated rings. The summed E-state index contributed by atoms with van der Waals surface area (Å²) >= 11 is 0. The van der Waals surface area contributed by atoms with Crippen molar-refractivity contribution in [3.05, 3.63) is 134 Å². The van der Waals surface area contributed by atoms with Crippen LogP contribution in [-0.4, -0.2) is 9.97 Å². The zero-order chi connectivity index (χ0) is 25.1. The van der Waals surface area contributed by atoms with Gasteiger partial charge in [-0.15, -0.1) is 0 Å². The molecule has 0 radical (unpaired) electrons. The van der Waals surface area contributed by atoms with Gasteiger partial charge in [0.05, 0.1) is 16.7 Å². The van der Waals surface area contributed by atoms with Crippen molar-refractivity contribution in [1.82, 2.24) is 9.97 Å². The second-order valence-corrected chi connectivity index (χ2v) is 9.81. The second-order valence-electron chi connectivity index (χ2n) is 9.81. The van der Waals surface area contributed by atoms with E-state index in [1.165, 1.54) is 43.4 Å². The number of aromatic nitrogens is 2. The number of benzene rings is 6. The standard InChI is InChI=1S/C36H22N2/c1-2-10-25-22-26(16-15-23(25)8-1)27-19-20-32(35-29(27)13-7-21-37-35)36-31-18-17-24-9-3-4-11-28(24)34(31)30-12-5-6-14-33(30)38-36/h1-22H. The highest BCUT2D eigenvalue weighted by atomic mass is 14.7. The van der Waals surface area contributed by atoms with Crippen molar-refractivity contribution in [2.24, 2.45) is 0 Å². The average Bonchev–Trinajstić information content (AvgIpc) is 2.99. The van der Waals surface area contributed by atoms with Crippen LogP contribution in [0.3, 0.4) is 0 Å². The molecule has 0 spiro atoms. The zero-order valence-corrected chi connectivity index (χ0v) is 20.6. The van der Waals surface area contributed by atoms with Crippen LogP contribution in [0.15, 0.2) is 134 Å². The number of para-hydroxylation sites is 1. The molecule has 0 atom stereocenters. The summed E-state index contributed by atoms with van der Waals surface area (Å²) in [7, 11) is 0. The minimum absolute atomic E-state index is 0.968. The molecule has 2 heteroatoms. The van der Waals surface area contributed by atoms with Crippen molar-refractivity contribution in [2.75, 3.05) is 0 Å². The fourth-order valence-corrected chi connectivity index (χ4v) is 5.90.